The number of nitrogens with one attached hydrogen (secondary N) is 2. The van der Waals surface area contributed by atoms with Crippen molar-refractivity contribution in [3.63, 3.8) is 0 Å². The Morgan fingerprint density at radius 1 is 1.42 bits per heavy atom. The second kappa shape index (κ2) is 2.85. The number of hydrogen-bond donors (Lipinski definition) is 2. The number of hydrogen-bond acceptors (Lipinski definition) is 3. The zero-order valence-electron chi connectivity index (χ0n) is 6.96. The zero-order valence-corrected chi connectivity index (χ0v) is 6.96. The van der Waals surface area contributed by atoms with Crippen LogP contribution in [0.15, 0.2) is 29.3 Å². The largest absolute Gasteiger partial charge is 0.359 e. The first-order valence-corrected chi connectivity index (χ1v) is 3.98. The van der Waals surface area contributed by atoms with Crippen LogP contribution in [0.25, 0.3) is 0 Å². The molecule has 0 saturated heterocycles. The highest BCUT2D eigenvalue weighted by molar-refractivity contribution is 5.84. The van der Waals surface area contributed by atoms with Crippen LogP contribution in [-0.2, 0) is 6.54 Å². The molecule has 1 aromatic rings. The van der Waals surface area contributed by atoms with Crippen molar-refractivity contribution >= 4 is 11.6 Å². The van der Waals surface area contributed by atoms with Crippen LogP contribution < -0.4 is 10.6 Å². The van der Waals surface area contributed by atoms with E-state index < -0.39 is 0 Å². The van der Waals surface area contributed by atoms with Gasteiger partial charge in [-0.2, -0.15) is 0 Å². The van der Waals surface area contributed by atoms with Crippen LogP contribution in [0.5, 0.6) is 0 Å². The monoisotopic (exact) mass is 161 g/mol. The van der Waals surface area contributed by atoms with Crippen molar-refractivity contribution < 1.29 is 0 Å². The van der Waals surface area contributed by atoms with E-state index in [1.807, 2.05) is 25.2 Å². The molecule has 0 fully saturated rings. The van der Waals surface area contributed by atoms with Gasteiger partial charge in [0.05, 0.1) is 5.69 Å². The molecule has 3 nitrogen and oxygen atoms in total. The first-order chi connectivity index (χ1) is 5.90. The van der Waals surface area contributed by atoms with E-state index in [-0.39, 0.29) is 0 Å². The molecule has 3 heteroatoms. The fraction of sp³-hybridized carbons (Fsp3) is 0.222. The lowest BCUT2D eigenvalue weighted by molar-refractivity contribution is 0.849. The van der Waals surface area contributed by atoms with E-state index in [1.165, 1.54) is 5.56 Å². The van der Waals surface area contributed by atoms with E-state index in [9.17, 15) is 0 Å². The fourth-order valence-electron chi connectivity index (χ4n) is 1.25. The number of aliphatic imine (C=N–C) groups is 1. The Labute approximate surface area is 71.5 Å². The molecule has 0 saturated carbocycles. The zero-order chi connectivity index (χ0) is 8.39. The van der Waals surface area contributed by atoms with Gasteiger partial charge in [0.25, 0.3) is 0 Å². The predicted molar refractivity (Wildman–Crippen MR) is 49.4 cm³/mol. The quantitative estimate of drug-likeness (QED) is 0.595. The molecule has 0 bridgehead atoms. The Kier molecular flexibility index (Phi) is 1.70. The third-order valence-electron chi connectivity index (χ3n) is 1.91. The van der Waals surface area contributed by atoms with Crippen molar-refractivity contribution in [2.45, 2.75) is 6.54 Å². The lowest BCUT2D eigenvalue weighted by Gasteiger charge is -2.16. The van der Waals surface area contributed by atoms with E-state index >= 15 is 0 Å². The first-order valence-electron chi connectivity index (χ1n) is 3.98. The molecule has 12 heavy (non-hydrogen) atoms. The summed E-state index contributed by atoms with van der Waals surface area (Å²) in [6.07, 6.45) is 0. The summed E-state index contributed by atoms with van der Waals surface area (Å²) in [5, 5.41) is 6.15. The van der Waals surface area contributed by atoms with Crippen molar-refractivity contribution in [3.8, 4) is 0 Å². The standard InChI is InChI=1S/C9H11N3/c1-10-9-11-6-7-4-2-3-5-8(7)12-9/h2-5H,6H2,1H3,(H2,10,11,12). The van der Waals surface area contributed by atoms with Gasteiger partial charge in [-0.15, -0.1) is 0 Å². The molecular formula is C9H11N3. The van der Waals surface area contributed by atoms with E-state index in [0.717, 1.165) is 18.2 Å². The lowest BCUT2D eigenvalue weighted by atomic mass is 10.1. The average Bonchev–Trinajstić information content (AvgIpc) is 2.17. The molecule has 1 aromatic carbocycles. The van der Waals surface area contributed by atoms with E-state index in [0.29, 0.717) is 0 Å². The summed E-state index contributed by atoms with van der Waals surface area (Å²) in [5.74, 6) is 0.841. The molecule has 1 aliphatic rings. The van der Waals surface area contributed by atoms with Crippen LogP contribution in [-0.4, -0.2) is 13.0 Å². The number of nitrogens with zero attached hydrogens (tertiary/aromatic N) is 1. The Morgan fingerprint density at radius 2 is 2.25 bits per heavy atom. The van der Waals surface area contributed by atoms with Gasteiger partial charge >= 0.3 is 0 Å². The molecule has 1 heterocycles. The highest BCUT2D eigenvalue weighted by atomic mass is 15.2. The maximum atomic E-state index is 4.36. The molecule has 1 aliphatic heterocycles. The van der Waals surface area contributed by atoms with Gasteiger partial charge in [-0.1, -0.05) is 18.2 Å². The number of guanidine groups is 1. The predicted octanol–water partition coefficient (Wildman–Crippen LogP) is 0.997. The summed E-state index contributed by atoms with van der Waals surface area (Å²) in [7, 11) is 1.86. The number of fused-ring (bicyclic) bond motifs is 1. The summed E-state index contributed by atoms with van der Waals surface area (Å²) in [6.45, 7) is 0.857. The first kappa shape index (κ1) is 7.16. The van der Waals surface area contributed by atoms with Crippen LogP contribution in [0, 0.1) is 0 Å². The van der Waals surface area contributed by atoms with Crippen molar-refractivity contribution in [1.82, 2.24) is 10.6 Å². The number of para-hydroxylation sites is 1. The van der Waals surface area contributed by atoms with Crippen molar-refractivity contribution in [2.24, 2.45) is 4.99 Å². The Bertz CT molecular complexity index is 317. The minimum absolute atomic E-state index is 0.841. The second-order valence-electron chi connectivity index (χ2n) is 2.69. The van der Waals surface area contributed by atoms with Crippen LogP contribution in [0.1, 0.15) is 5.56 Å². The SMILES string of the molecule is CNC1=Nc2ccccc2CN1. The fourth-order valence-corrected chi connectivity index (χ4v) is 1.25. The van der Waals surface area contributed by atoms with Crippen molar-refractivity contribution in [2.75, 3.05) is 7.05 Å². The van der Waals surface area contributed by atoms with Gasteiger partial charge in [-0.05, 0) is 11.6 Å². The molecule has 2 N–H and O–H groups in total. The van der Waals surface area contributed by atoms with Gasteiger partial charge in [-0.3, -0.25) is 0 Å². The Morgan fingerprint density at radius 3 is 3.08 bits per heavy atom. The Hall–Kier alpha value is -1.51. The normalized spacial score (nSPS) is 14.2. The summed E-state index contributed by atoms with van der Waals surface area (Å²) >= 11 is 0. The van der Waals surface area contributed by atoms with Crippen molar-refractivity contribution in [3.05, 3.63) is 29.8 Å². The maximum absolute atomic E-state index is 4.36. The summed E-state index contributed by atoms with van der Waals surface area (Å²) in [4.78, 5) is 4.36. The van der Waals surface area contributed by atoms with Crippen LogP contribution >= 0.6 is 0 Å². The van der Waals surface area contributed by atoms with Gasteiger partial charge in [-0.25, -0.2) is 4.99 Å². The van der Waals surface area contributed by atoms with Gasteiger partial charge in [0.2, 0.25) is 0 Å². The average molecular weight is 161 g/mol. The smallest absolute Gasteiger partial charge is 0.196 e. The van der Waals surface area contributed by atoms with E-state index in [1.54, 1.807) is 0 Å². The van der Waals surface area contributed by atoms with Crippen LogP contribution in [0.3, 0.4) is 0 Å². The molecule has 0 atom stereocenters. The molecular weight excluding hydrogens is 150 g/mol. The van der Waals surface area contributed by atoms with Gasteiger partial charge in [0.15, 0.2) is 5.96 Å². The molecule has 62 valence electrons. The second-order valence-corrected chi connectivity index (χ2v) is 2.69. The third-order valence-corrected chi connectivity index (χ3v) is 1.91. The molecule has 0 amide bonds. The minimum atomic E-state index is 0.841. The van der Waals surface area contributed by atoms with Gasteiger partial charge < -0.3 is 10.6 Å². The third kappa shape index (κ3) is 1.13. The molecule has 0 radical (unpaired) electrons. The lowest BCUT2D eigenvalue weighted by Crippen LogP contribution is -2.35. The van der Waals surface area contributed by atoms with Gasteiger partial charge in [0.1, 0.15) is 0 Å². The van der Waals surface area contributed by atoms with Gasteiger partial charge in [0, 0.05) is 13.6 Å². The molecule has 2 rings (SSSR count). The Balaban J connectivity index is 2.41. The molecule has 0 unspecified atom stereocenters. The highest BCUT2D eigenvalue weighted by Gasteiger charge is 2.07. The summed E-state index contributed by atoms with van der Waals surface area (Å²) < 4.78 is 0. The topological polar surface area (TPSA) is 36.4 Å². The van der Waals surface area contributed by atoms with E-state index in [2.05, 4.69) is 21.7 Å². The van der Waals surface area contributed by atoms with Crippen LogP contribution in [0.4, 0.5) is 5.69 Å². The molecule has 0 aromatic heterocycles. The summed E-state index contributed by atoms with van der Waals surface area (Å²) in [6, 6.07) is 8.13. The highest BCUT2D eigenvalue weighted by Crippen LogP contribution is 2.20. The number of benzene rings is 1. The van der Waals surface area contributed by atoms with Crippen molar-refractivity contribution in [1.29, 1.82) is 0 Å². The molecule has 0 spiro atoms. The summed E-state index contributed by atoms with van der Waals surface area (Å²) in [5.41, 5.74) is 2.30. The van der Waals surface area contributed by atoms with Crippen LogP contribution in [0.2, 0.25) is 0 Å². The van der Waals surface area contributed by atoms with E-state index in [4.69, 9.17) is 0 Å². The minimum Gasteiger partial charge on any atom is -0.359 e. The molecule has 0 aliphatic carbocycles. The number of rotatable bonds is 0. The maximum Gasteiger partial charge on any atom is 0.196 e.